The summed E-state index contributed by atoms with van der Waals surface area (Å²) < 4.78 is 0. The van der Waals surface area contributed by atoms with E-state index in [1.165, 1.54) is 36.2 Å². The summed E-state index contributed by atoms with van der Waals surface area (Å²) in [4.78, 5) is 23.5. The first kappa shape index (κ1) is 13.8. The Balaban J connectivity index is 2.72. The fourth-order valence-electron chi connectivity index (χ4n) is 1.22. The maximum atomic E-state index is 11.7. The Morgan fingerprint density at radius 3 is 2.33 bits per heavy atom. The molecule has 4 N–H and O–H groups in total. The van der Waals surface area contributed by atoms with Crippen LogP contribution in [0.4, 0.5) is 10.5 Å². The normalized spacial score (nSPS) is 11.7. The van der Waals surface area contributed by atoms with Crippen LogP contribution in [0.5, 0.6) is 5.75 Å². The second kappa shape index (κ2) is 5.87. The van der Waals surface area contributed by atoms with Crippen molar-refractivity contribution in [2.24, 2.45) is 0 Å². The molecule has 1 aromatic carbocycles. The maximum absolute atomic E-state index is 11.7. The van der Waals surface area contributed by atoms with Crippen molar-refractivity contribution >= 4 is 17.7 Å². The van der Waals surface area contributed by atoms with Crippen LogP contribution >= 0.6 is 0 Å². The van der Waals surface area contributed by atoms with Gasteiger partial charge < -0.3 is 20.6 Å². The van der Waals surface area contributed by atoms with Crippen LogP contribution in [0.25, 0.3) is 0 Å². The number of carbonyl (C=O) groups is 2. The molecule has 0 aliphatic carbocycles. The number of benzene rings is 1. The number of hydrogen-bond acceptors (Lipinski definition) is 4. The van der Waals surface area contributed by atoms with Crippen LogP contribution in [0.2, 0.25) is 0 Å². The number of hydrogen-bond donors (Lipinski definition) is 4. The molecule has 0 heterocycles. The first-order valence-electron chi connectivity index (χ1n) is 5.12. The molecule has 0 radical (unpaired) electrons. The van der Waals surface area contributed by atoms with Crippen molar-refractivity contribution in [1.29, 1.82) is 0 Å². The van der Waals surface area contributed by atoms with E-state index in [2.05, 4.69) is 5.32 Å². The lowest BCUT2D eigenvalue weighted by atomic mass is 10.3. The Hall–Kier alpha value is -2.28. The SMILES string of the molecule is CN(C(=O)N[C@H](CO)C(=O)O)c1ccc(O)cc1. The van der Waals surface area contributed by atoms with Crippen molar-refractivity contribution in [2.75, 3.05) is 18.6 Å². The Kier molecular flexibility index (Phi) is 4.50. The van der Waals surface area contributed by atoms with E-state index >= 15 is 0 Å². The van der Waals surface area contributed by atoms with Crippen molar-refractivity contribution < 1.29 is 24.9 Å². The standard InChI is InChI=1S/C11H14N2O5/c1-13(7-2-4-8(15)5-3-7)11(18)12-9(6-14)10(16)17/h2-5,9,14-15H,6H2,1H3,(H,12,18)(H,16,17)/t9-/m1/s1. The van der Waals surface area contributed by atoms with Gasteiger partial charge in [0.05, 0.1) is 6.61 Å². The van der Waals surface area contributed by atoms with Crippen molar-refractivity contribution in [3.05, 3.63) is 24.3 Å². The number of nitrogens with zero attached hydrogens (tertiary/aromatic N) is 1. The van der Waals surface area contributed by atoms with Crippen molar-refractivity contribution in [1.82, 2.24) is 5.32 Å². The Labute approximate surface area is 103 Å². The van der Waals surface area contributed by atoms with E-state index in [1.54, 1.807) is 0 Å². The fourth-order valence-corrected chi connectivity index (χ4v) is 1.22. The highest BCUT2D eigenvalue weighted by Crippen LogP contribution is 2.17. The zero-order valence-electron chi connectivity index (χ0n) is 9.70. The number of aromatic hydroxyl groups is 1. The molecule has 0 aliphatic heterocycles. The van der Waals surface area contributed by atoms with Gasteiger partial charge in [-0.2, -0.15) is 0 Å². The summed E-state index contributed by atoms with van der Waals surface area (Å²) in [7, 11) is 1.44. The predicted octanol–water partition coefficient (Wildman–Crippen LogP) is -0.0165. The number of anilines is 1. The lowest BCUT2D eigenvalue weighted by Gasteiger charge is -2.20. The molecule has 0 aromatic heterocycles. The van der Waals surface area contributed by atoms with Gasteiger partial charge in [-0.05, 0) is 24.3 Å². The average molecular weight is 254 g/mol. The third kappa shape index (κ3) is 3.36. The zero-order valence-corrected chi connectivity index (χ0v) is 9.70. The van der Waals surface area contributed by atoms with E-state index in [4.69, 9.17) is 15.3 Å². The molecule has 18 heavy (non-hydrogen) atoms. The summed E-state index contributed by atoms with van der Waals surface area (Å²) in [5.74, 6) is -1.25. The Morgan fingerprint density at radius 2 is 1.89 bits per heavy atom. The second-order valence-electron chi connectivity index (χ2n) is 3.60. The molecular formula is C11H14N2O5. The van der Waals surface area contributed by atoms with Crippen molar-refractivity contribution in [3.8, 4) is 5.75 Å². The van der Waals surface area contributed by atoms with Crippen LogP contribution in [-0.2, 0) is 4.79 Å². The first-order valence-corrected chi connectivity index (χ1v) is 5.12. The van der Waals surface area contributed by atoms with E-state index in [-0.39, 0.29) is 5.75 Å². The Bertz CT molecular complexity index is 432. The molecule has 0 unspecified atom stereocenters. The molecule has 1 atom stereocenters. The molecule has 0 fully saturated rings. The van der Waals surface area contributed by atoms with Crippen LogP contribution in [0.15, 0.2) is 24.3 Å². The van der Waals surface area contributed by atoms with Gasteiger partial charge in [0, 0.05) is 12.7 Å². The van der Waals surface area contributed by atoms with Crippen LogP contribution in [0.3, 0.4) is 0 Å². The Morgan fingerprint density at radius 1 is 1.33 bits per heavy atom. The molecule has 0 saturated carbocycles. The number of carboxylic acid groups (broad SMARTS) is 1. The maximum Gasteiger partial charge on any atom is 0.328 e. The van der Waals surface area contributed by atoms with Gasteiger partial charge in [0.1, 0.15) is 5.75 Å². The lowest BCUT2D eigenvalue weighted by molar-refractivity contribution is -0.140. The van der Waals surface area contributed by atoms with Gasteiger partial charge in [0.2, 0.25) is 0 Å². The van der Waals surface area contributed by atoms with E-state index in [1.807, 2.05) is 0 Å². The molecule has 7 nitrogen and oxygen atoms in total. The molecule has 1 aromatic rings. The lowest BCUT2D eigenvalue weighted by Crippen LogP contribution is -2.48. The van der Waals surface area contributed by atoms with Gasteiger partial charge in [-0.1, -0.05) is 0 Å². The monoisotopic (exact) mass is 254 g/mol. The van der Waals surface area contributed by atoms with Crippen LogP contribution in [0.1, 0.15) is 0 Å². The molecule has 98 valence electrons. The molecular weight excluding hydrogens is 240 g/mol. The van der Waals surface area contributed by atoms with E-state index in [0.29, 0.717) is 5.69 Å². The number of phenolic OH excluding ortho intramolecular Hbond substituents is 1. The number of aliphatic hydroxyl groups is 1. The molecule has 0 saturated heterocycles. The summed E-state index contributed by atoms with van der Waals surface area (Å²) in [5, 5.41) is 28.7. The third-order valence-electron chi connectivity index (χ3n) is 2.32. The highest BCUT2D eigenvalue weighted by molar-refractivity contribution is 5.94. The highest BCUT2D eigenvalue weighted by atomic mass is 16.4. The fraction of sp³-hybridized carbons (Fsp3) is 0.273. The minimum absolute atomic E-state index is 0.0614. The number of carboxylic acids is 1. The molecule has 1 rings (SSSR count). The number of aliphatic carboxylic acids is 1. The molecule has 0 aliphatic rings. The molecule has 2 amide bonds. The second-order valence-corrected chi connectivity index (χ2v) is 3.60. The van der Waals surface area contributed by atoms with Crippen LogP contribution < -0.4 is 10.2 Å². The van der Waals surface area contributed by atoms with Gasteiger partial charge >= 0.3 is 12.0 Å². The van der Waals surface area contributed by atoms with Gasteiger partial charge in [-0.3, -0.25) is 4.90 Å². The summed E-state index contributed by atoms with van der Waals surface area (Å²) >= 11 is 0. The van der Waals surface area contributed by atoms with Gasteiger partial charge in [0.15, 0.2) is 6.04 Å². The number of amides is 2. The number of urea groups is 1. The topological polar surface area (TPSA) is 110 Å². The summed E-state index contributed by atoms with van der Waals surface area (Å²) in [6.07, 6.45) is 0. The highest BCUT2D eigenvalue weighted by Gasteiger charge is 2.21. The first-order chi connectivity index (χ1) is 8.45. The van der Waals surface area contributed by atoms with Gasteiger partial charge in [0.25, 0.3) is 0 Å². The van der Waals surface area contributed by atoms with E-state index in [9.17, 15) is 9.59 Å². The predicted molar refractivity (Wildman–Crippen MR) is 63.6 cm³/mol. The van der Waals surface area contributed by atoms with E-state index in [0.717, 1.165) is 0 Å². The van der Waals surface area contributed by atoms with Crippen LogP contribution in [-0.4, -0.2) is 47.0 Å². The number of aliphatic hydroxyl groups excluding tert-OH is 1. The minimum atomic E-state index is -1.35. The summed E-state index contributed by atoms with van der Waals surface area (Å²) in [6.45, 7) is -0.690. The quantitative estimate of drug-likeness (QED) is 0.603. The van der Waals surface area contributed by atoms with Crippen molar-refractivity contribution in [2.45, 2.75) is 6.04 Å². The largest absolute Gasteiger partial charge is 0.508 e. The summed E-state index contributed by atoms with van der Waals surface area (Å²) in [5.41, 5.74) is 0.479. The van der Waals surface area contributed by atoms with Gasteiger partial charge in [-0.15, -0.1) is 0 Å². The van der Waals surface area contributed by atoms with Crippen molar-refractivity contribution in [3.63, 3.8) is 0 Å². The van der Waals surface area contributed by atoms with E-state index < -0.39 is 24.6 Å². The minimum Gasteiger partial charge on any atom is -0.508 e. The number of rotatable bonds is 4. The number of phenols is 1. The smallest absolute Gasteiger partial charge is 0.328 e. The average Bonchev–Trinajstić information content (AvgIpc) is 2.35. The molecule has 7 heteroatoms. The molecule has 0 spiro atoms. The van der Waals surface area contributed by atoms with Crippen LogP contribution in [0, 0.1) is 0 Å². The number of carbonyl (C=O) groups excluding carboxylic acids is 1. The third-order valence-corrected chi connectivity index (χ3v) is 2.32. The molecule has 0 bridgehead atoms. The van der Waals surface area contributed by atoms with Gasteiger partial charge in [-0.25, -0.2) is 9.59 Å². The summed E-state index contributed by atoms with van der Waals surface area (Å²) in [6, 6.07) is 3.80. The number of nitrogens with one attached hydrogen (secondary N) is 1. The zero-order chi connectivity index (χ0) is 13.7.